The van der Waals surface area contributed by atoms with Crippen LogP contribution < -0.4 is 16.0 Å². The first kappa shape index (κ1) is 22.9. The fourth-order valence-corrected chi connectivity index (χ4v) is 4.30. The van der Waals surface area contributed by atoms with Gasteiger partial charge in [-0.15, -0.1) is 0 Å². The van der Waals surface area contributed by atoms with Crippen molar-refractivity contribution in [3.05, 3.63) is 48.2 Å². The second-order valence-electron chi connectivity index (χ2n) is 9.77. The molecule has 2 aliphatic heterocycles. The predicted octanol–water partition coefficient (Wildman–Crippen LogP) is 4.14. The summed E-state index contributed by atoms with van der Waals surface area (Å²) in [5, 5.41) is 2.82. The lowest BCUT2D eigenvalue weighted by atomic mass is 9.72. The first-order chi connectivity index (χ1) is 15.7. The molecule has 8 nitrogen and oxygen atoms in total. The summed E-state index contributed by atoms with van der Waals surface area (Å²) in [6, 6.07) is 10.8. The number of nitrogens with one attached hydrogen (secondary N) is 1. The quantitative estimate of drug-likeness (QED) is 0.663. The Morgan fingerprint density at radius 3 is 2.45 bits per heavy atom. The van der Waals surface area contributed by atoms with Crippen LogP contribution in [0, 0.1) is 5.41 Å². The second kappa shape index (κ2) is 8.92. The number of nitrogens with zero attached hydrogens (tertiary/aromatic N) is 3. The number of para-hydroxylation sites is 2. The van der Waals surface area contributed by atoms with Crippen molar-refractivity contribution < 1.29 is 14.3 Å². The number of piperidine rings is 1. The van der Waals surface area contributed by atoms with Crippen LogP contribution in [0.25, 0.3) is 0 Å². The van der Waals surface area contributed by atoms with Gasteiger partial charge in [0.25, 0.3) is 5.91 Å². The molecule has 2 saturated heterocycles. The number of aromatic nitrogens is 1. The van der Waals surface area contributed by atoms with Crippen molar-refractivity contribution in [1.82, 2.24) is 9.88 Å². The lowest BCUT2D eigenvalue weighted by Gasteiger charge is -2.53. The smallest absolute Gasteiger partial charge is 0.410 e. The van der Waals surface area contributed by atoms with Crippen LogP contribution in [0.2, 0.25) is 0 Å². The number of nitrogen functional groups attached to an aromatic ring is 1. The zero-order chi connectivity index (χ0) is 23.6. The molecule has 2 aliphatic rings. The first-order valence-corrected chi connectivity index (χ1v) is 11.6. The van der Waals surface area contributed by atoms with Gasteiger partial charge in [-0.3, -0.25) is 4.79 Å². The van der Waals surface area contributed by atoms with Crippen molar-refractivity contribution >= 4 is 29.2 Å². The highest BCUT2D eigenvalue weighted by molar-refractivity contribution is 6.05. The normalized spacial score (nSPS) is 17.4. The lowest BCUT2D eigenvalue weighted by Crippen LogP contribution is -2.62. The van der Waals surface area contributed by atoms with Gasteiger partial charge in [0.1, 0.15) is 11.4 Å². The number of anilines is 3. The minimum atomic E-state index is -0.425. The number of pyridine rings is 1. The molecular formula is C25H33N5O3. The fraction of sp³-hybridized carbons (Fsp3) is 0.480. The molecule has 176 valence electrons. The van der Waals surface area contributed by atoms with E-state index >= 15 is 0 Å². The molecule has 0 atom stereocenters. The molecule has 1 aromatic heterocycles. The lowest BCUT2D eigenvalue weighted by molar-refractivity contribution is -0.0489. The highest BCUT2D eigenvalue weighted by Gasteiger charge is 2.48. The minimum absolute atomic E-state index is 0.182. The predicted molar refractivity (Wildman–Crippen MR) is 129 cm³/mol. The van der Waals surface area contributed by atoms with E-state index < -0.39 is 5.60 Å². The summed E-state index contributed by atoms with van der Waals surface area (Å²) in [6.45, 7) is 9.18. The van der Waals surface area contributed by atoms with E-state index in [-0.39, 0.29) is 17.4 Å². The first-order valence-electron chi connectivity index (χ1n) is 11.6. The molecule has 0 aliphatic carbocycles. The van der Waals surface area contributed by atoms with Gasteiger partial charge in [-0.25, -0.2) is 9.78 Å². The maximum atomic E-state index is 12.5. The van der Waals surface area contributed by atoms with Gasteiger partial charge < -0.3 is 25.6 Å². The molecule has 0 radical (unpaired) electrons. The van der Waals surface area contributed by atoms with E-state index in [1.807, 2.05) is 43.9 Å². The maximum Gasteiger partial charge on any atom is 0.410 e. The Bertz CT molecular complexity index is 1000. The fourth-order valence-electron chi connectivity index (χ4n) is 4.30. The maximum absolute atomic E-state index is 12.5. The van der Waals surface area contributed by atoms with Crippen molar-refractivity contribution in [3.8, 4) is 0 Å². The molecular weight excluding hydrogens is 418 g/mol. The molecule has 0 bridgehead atoms. The monoisotopic (exact) mass is 451 g/mol. The Kier molecular flexibility index (Phi) is 6.19. The SMILES string of the molecule is CCC(C)(C)OC(=O)N1CC2(CCN(c3ccc(C(=O)Nc4ccccc4N)cn3)CC2)C1. The van der Waals surface area contributed by atoms with Crippen molar-refractivity contribution in [3.63, 3.8) is 0 Å². The molecule has 3 N–H and O–H groups in total. The number of hydrogen-bond acceptors (Lipinski definition) is 6. The van der Waals surface area contributed by atoms with Gasteiger partial charge in [-0.05, 0) is 57.4 Å². The molecule has 1 spiro atoms. The van der Waals surface area contributed by atoms with Crippen LogP contribution in [-0.2, 0) is 4.74 Å². The number of benzene rings is 1. The van der Waals surface area contributed by atoms with E-state index in [9.17, 15) is 9.59 Å². The topological polar surface area (TPSA) is 101 Å². The number of hydrogen-bond donors (Lipinski definition) is 2. The van der Waals surface area contributed by atoms with Crippen LogP contribution in [0.4, 0.5) is 22.0 Å². The summed E-state index contributed by atoms with van der Waals surface area (Å²) in [5.74, 6) is 0.623. The third kappa shape index (κ3) is 5.05. The summed E-state index contributed by atoms with van der Waals surface area (Å²) in [7, 11) is 0. The summed E-state index contributed by atoms with van der Waals surface area (Å²) >= 11 is 0. The third-order valence-corrected chi connectivity index (χ3v) is 6.89. The summed E-state index contributed by atoms with van der Waals surface area (Å²) in [4.78, 5) is 33.5. The van der Waals surface area contributed by atoms with Gasteiger partial charge >= 0.3 is 6.09 Å². The van der Waals surface area contributed by atoms with Crippen LogP contribution in [-0.4, -0.2) is 53.7 Å². The number of rotatable bonds is 5. The molecule has 2 fully saturated rings. The van der Waals surface area contributed by atoms with Gasteiger partial charge in [0, 0.05) is 37.8 Å². The Balaban J connectivity index is 1.28. The molecule has 2 amide bonds. The van der Waals surface area contributed by atoms with E-state index in [0.717, 1.165) is 51.3 Å². The van der Waals surface area contributed by atoms with Gasteiger partial charge in [-0.1, -0.05) is 19.1 Å². The van der Waals surface area contributed by atoms with Gasteiger partial charge in [0.2, 0.25) is 0 Å². The number of carbonyl (C=O) groups excluding carboxylic acids is 2. The molecule has 3 heterocycles. The van der Waals surface area contributed by atoms with Crippen molar-refractivity contribution in [2.45, 2.75) is 45.6 Å². The zero-order valence-electron chi connectivity index (χ0n) is 19.6. The number of nitrogens with two attached hydrogens (primary N) is 1. The number of carbonyl (C=O) groups is 2. The van der Waals surface area contributed by atoms with Gasteiger partial charge in [0.05, 0.1) is 16.9 Å². The second-order valence-corrected chi connectivity index (χ2v) is 9.77. The largest absolute Gasteiger partial charge is 0.443 e. The Morgan fingerprint density at radius 1 is 1.15 bits per heavy atom. The van der Waals surface area contributed by atoms with Crippen LogP contribution in [0.5, 0.6) is 0 Å². The van der Waals surface area contributed by atoms with E-state index in [1.165, 1.54) is 0 Å². The molecule has 0 unspecified atom stereocenters. The van der Waals surface area contributed by atoms with Gasteiger partial charge in [-0.2, -0.15) is 0 Å². The molecule has 1 aromatic carbocycles. The number of amides is 2. The molecule has 4 rings (SSSR count). The van der Waals surface area contributed by atoms with E-state index in [4.69, 9.17) is 10.5 Å². The van der Waals surface area contributed by atoms with Crippen molar-refractivity contribution in [2.24, 2.45) is 5.41 Å². The van der Waals surface area contributed by atoms with Crippen molar-refractivity contribution in [1.29, 1.82) is 0 Å². The Hall–Kier alpha value is -3.29. The van der Waals surface area contributed by atoms with Crippen molar-refractivity contribution in [2.75, 3.05) is 42.1 Å². The van der Waals surface area contributed by atoms with Crippen LogP contribution in [0.1, 0.15) is 50.4 Å². The summed E-state index contributed by atoms with van der Waals surface area (Å²) in [5.41, 5.74) is 7.25. The Labute approximate surface area is 195 Å². The molecule has 2 aromatic rings. The molecule has 8 heteroatoms. The third-order valence-electron chi connectivity index (χ3n) is 6.89. The van der Waals surface area contributed by atoms with E-state index in [2.05, 4.69) is 15.2 Å². The number of ether oxygens (including phenoxy) is 1. The van der Waals surface area contributed by atoms with E-state index in [0.29, 0.717) is 16.9 Å². The highest BCUT2D eigenvalue weighted by atomic mass is 16.6. The average molecular weight is 452 g/mol. The summed E-state index contributed by atoms with van der Waals surface area (Å²) in [6.07, 6.45) is 4.20. The Morgan fingerprint density at radius 2 is 1.85 bits per heavy atom. The molecule has 0 saturated carbocycles. The summed E-state index contributed by atoms with van der Waals surface area (Å²) < 4.78 is 5.62. The highest BCUT2D eigenvalue weighted by Crippen LogP contribution is 2.41. The van der Waals surface area contributed by atoms with Crippen LogP contribution >= 0.6 is 0 Å². The minimum Gasteiger partial charge on any atom is -0.443 e. The zero-order valence-corrected chi connectivity index (χ0v) is 19.6. The van der Waals surface area contributed by atoms with Crippen LogP contribution in [0.15, 0.2) is 42.6 Å². The standard InChI is InChI=1S/C25H33N5O3/c1-4-24(2,3)33-23(32)30-16-25(17-30)11-13-29(14-12-25)21-10-9-18(15-27-21)22(31)28-20-8-6-5-7-19(20)26/h5-10,15H,4,11-14,16-17,26H2,1-3H3,(H,28,31). The number of likely N-dealkylation sites (tertiary alicyclic amines) is 1. The van der Waals surface area contributed by atoms with Crippen LogP contribution in [0.3, 0.4) is 0 Å². The average Bonchev–Trinajstić information content (AvgIpc) is 2.79. The van der Waals surface area contributed by atoms with Gasteiger partial charge in [0.15, 0.2) is 0 Å². The molecule has 33 heavy (non-hydrogen) atoms. The van der Waals surface area contributed by atoms with E-state index in [1.54, 1.807) is 24.4 Å².